The van der Waals surface area contributed by atoms with E-state index in [1.54, 1.807) is 20.3 Å². The van der Waals surface area contributed by atoms with Crippen molar-refractivity contribution in [3.63, 3.8) is 0 Å². The second-order valence-corrected chi connectivity index (χ2v) is 9.09. The van der Waals surface area contributed by atoms with Gasteiger partial charge in [0.15, 0.2) is 0 Å². The molecule has 0 fully saturated rings. The number of hydrogen-bond donors (Lipinski definition) is 2. The van der Waals surface area contributed by atoms with E-state index in [9.17, 15) is 0 Å². The lowest BCUT2D eigenvalue weighted by Crippen LogP contribution is -2.32. The van der Waals surface area contributed by atoms with Crippen LogP contribution in [-0.4, -0.2) is 95.4 Å². The summed E-state index contributed by atoms with van der Waals surface area (Å²) in [6, 6.07) is 9.67. The highest BCUT2D eigenvalue weighted by atomic mass is 32.1. The Hall–Kier alpha value is -2.87. The minimum atomic E-state index is -0.0397. The van der Waals surface area contributed by atoms with Gasteiger partial charge in [0.1, 0.15) is 17.2 Å². The molecule has 3 rings (SSSR count). The van der Waals surface area contributed by atoms with Gasteiger partial charge in [-0.15, -0.1) is 10.2 Å². The van der Waals surface area contributed by atoms with Crippen LogP contribution in [0.15, 0.2) is 40.6 Å². The molecule has 0 radical (unpaired) electrons. The third-order valence-corrected chi connectivity index (χ3v) is 6.43. The highest BCUT2D eigenvalue weighted by Crippen LogP contribution is 2.41. The van der Waals surface area contributed by atoms with Crippen molar-refractivity contribution in [1.29, 1.82) is 0 Å². The van der Waals surface area contributed by atoms with Crippen molar-refractivity contribution < 1.29 is 33.9 Å². The number of aliphatic hydroxyl groups excluding tert-OH is 2. The van der Waals surface area contributed by atoms with Crippen molar-refractivity contribution in [1.82, 2.24) is 4.98 Å². The van der Waals surface area contributed by atoms with E-state index in [2.05, 4.69) is 20.1 Å². The number of aryl methyl sites for hydroxylation is 1. The zero-order valence-electron chi connectivity index (χ0n) is 22.1. The minimum absolute atomic E-state index is 0.0148. The second-order valence-electron chi connectivity index (χ2n) is 8.09. The van der Waals surface area contributed by atoms with Crippen molar-refractivity contribution in [2.75, 3.05) is 85.1 Å². The van der Waals surface area contributed by atoms with Crippen LogP contribution < -0.4 is 14.4 Å². The summed E-state index contributed by atoms with van der Waals surface area (Å²) in [7, 11) is 3.17. The fraction of sp³-hybridized carbons (Fsp3) is 0.500. The third-order valence-electron chi connectivity index (χ3n) is 5.53. The smallest absolute Gasteiger partial charge is 0.231 e. The monoisotopic (exact) mass is 548 g/mol. The number of thiazole rings is 1. The van der Waals surface area contributed by atoms with Crippen LogP contribution >= 0.6 is 11.3 Å². The molecule has 2 N–H and O–H groups in total. The fourth-order valence-electron chi connectivity index (χ4n) is 3.66. The van der Waals surface area contributed by atoms with E-state index in [-0.39, 0.29) is 26.4 Å². The molecule has 11 nitrogen and oxygen atoms in total. The van der Waals surface area contributed by atoms with Crippen LogP contribution in [0.5, 0.6) is 11.5 Å². The van der Waals surface area contributed by atoms with Crippen LogP contribution in [0.1, 0.15) is 5.56 Å². The standard InChI is InChI=1S/C26H36N4O7S/c1-19-5-4-6-24-25(19)27-26(38-24)29-28-20-17-23(34-3)21(18-22(20)33-2)30(7-11-35-13-9-31)8-12-36-15-16-37-14-10-32/h4-6,17-18,31-32H,7-16H2,1-3H3. The molecule has 2 aromatic carbocycles. The van der Waals surface area contributed by atoms with Gasteiger partial charge in [-0.05, 0) is 18.6 Å². The number of nitrogens with zero attached hydrogens (tertiary/aromatic N) is 4. The maximum absolute atomic E-state index is 9.03. The predicted octanol–water partition coefficient (Wildman–Crippen LogP) is 3.88. The van der Waals surface area contributed by atoms with Crippen LogP contribution in [0, 0.1) is 6.92 Å². The highest BCUT2D eigenvalue weighted by molar-refractivity contribution is 7.21. The molecule has 0 atom stereocenters. The van der Waals surface area contributed by atoms with Crippen molar-refractivity contribution in [3.8, 4) is 11.5 Å². The first-order valence-electron chi connectivity index (χ1n) is 12.3. The molecule has 0 aliphatic rings. The first-order chi connectivity index (χ1) is 18.6. The number of hydrogen-bond acceptors (Lipinski definition) is 12. The van der Waals surface area contributed by atoms with Gasteiger partial charge in [0, 0.05) is 25.2 Å². The summed E-state index contributed by atoms with van der Waals surface area (Å²) in [5.74, 6) is 1.12. The van der Waals surface area contributed by atoms with Gasteiger partial charge in [0.2, 0.25) is 5.13 Å². The van der Waals surface area contributed by atoms with Crippen molar-refractivity contribution >= 4 is 38.1 Å². The SMILES string of the molecule is COc1cc(N(CCOCCO)CCOCCOCCO)c(OC)cc1N=Nc1nc2c(C)cccc2s1. The molecule has 0 spiro atoms. The molecule has 1 aromatic heterocycles. The maximum atomic E-state index is 9.03. The Bertz CT molecular complexity index is 1160. The van der Waals surface area contributed by atoms with Crippen molar-refractivity contribution in [2.45, 2.75) is 6.92 Å². The Labute approximate surface area is 226 Å². The van der Waals surface area contributed by atoms with Gasteiger partial charge in [-0.3, -0.25) is 0 Å². The molecule has 208 valence electrons. The average Bonchev–Trinajstić information content (AvgIpc) is 3.36. The molecular weight excluding hydrogens is 512 g/mol. The Morgan fingerprint density at radius 2 is 1.50 bits per heavy atom. The lowest BCUT2D eigenvalue weighted by molar-refractivity contribution is 0.0347. The summed E-state index contributed by atoms with van der Waals surface area (Å²) >= 11 is 1.47. The van der Waals surface area contributed by atoms with E-state index in [0.717, 1.165) is 21.5 Å². The minimum Gasteiger partial charge on any atom is -0.494 e. The molecule has 0 saturated heterocycles. The van der Waals surface area contributed by atoms with Gasteiger partial charge in [-0.2, -0.15) is 0 Å². The number of azo groups is 1. The van der Waals surface area contributed by atoms with Crippen LogP contribution in [0.3, 0.4) is 0 Å². The summed E-state index contributed by atoms with van der Waals surface area (Å²) in [6.07, 6.45) is 0. The van der Waals surface area contributed by atoms with E-state index in [1.165, 1.54) is 11.3 Å². The van der Waals surface area contributed by atoms with Gasteiger partial charge < -0.3 is 38.8 Å². The topological polar surface area (TPSA) is 127 Å². The summed E-state index contributed by atoms with van der Waals surface area (Å²) in [5, 5.41) is 27.2. The summed E-state index contributed by atoms with van der Waals surface area (Å²) in [6.45, 7) is 5.27. The van der Waals surface area contributed by atoms with Crippen molar-refractivity contribution in [3.05, 3.63) is 35.9 Å². The number of rotatable bonds is 18. The molecular formula is C26H36N4O7S. The summed E-state index contributed by atoms with van der Waals surface area (Å²) in [5.41, 5.74) is 3.31. The number of para-hydroxylation sites is 1. The fourth-order valence-corrected chi connectivity index (χ4v) is 4.53. The van der Waals surface area contributed by atoms with Crippen LogP contribution in [-0.2, 0) is 14.2 Å². The number of ether oxygens (including phenoxy) is 5. The maximum Gasteiger partial charge on any atom is 0.231 e. The number of anilines is 1. The van der Waals surface area contributed by atoms with Crippen LogP contribution in [0.25, 0.3) is 10.2 Å². The predicted molar refractivity (Wildman–Crippen MR) is 147 cm³/mol. The Balaban J connectivity index is 1.78. The zero-order valence-corrected chi connectivity index (χ0v) is 22.9. The molecule has 0 amide bonds. The van der Waals surface area contributed by atoms with Gasteiger partial charge >= 0.3 is 0 Å². The lowest BCUT2D eigenvalue weighted by Gasteiger charge is -2.27. The number of benzene rings is 2. The van der Waals surface area contributed by atoms with E-state index in [4.69, 9.17) is 33.9 Å². The van der Waals surface area contributed by atoms with Gasteiger partial charge in [0.05, 0.1) is 83.0 Å². The van der Waals surface area contributed by atoms with E-state index < -0.39 is 0 Å². The molecule has 0 aliphatic heterocycles. The Morgan fingerprint density at radius 1 is 0.842 bits per heavy atom. The number of fused-ring (bicyclic) bond motifs is 1. The molecule has 12 heteroatoms. The number of aromatic nitrogens is 1. The molecule has 0 aliphatic carbocycles. The van der Waals surface area contributed by atoms with E-state index in [1.807, 2.05) is 31.2 Å². The zero-order chi connectivity index (χ0) is 27.2. The quantitative estimate of drug-likeness (QED) is 0.180. The van der Waals surface area contributed by atoms with E-state index in [0.29, 0.717) is 61.8 Å². The third kappa shape index (κ3) is 8.58. The lowest BCUT2D eigenvalue weighted by atomic mass is 10.2. The largest absolute Gasteiger partial charge is 0.494 e. The molecule has 1 heterocycles. The highest BCUT2D eigenvalue weighted by Gasteiger charge is 2.18. The molecule has 0 saturated carbocycles. The number of aliphatic hydroxyl groups is 2. The van der Waals surface area contributed by atoms with Crippen molar-refractivity contribution in [2.24, 2.45) is 10.2 Å². The first kappa shape index (κ1) is 29.7. The van der Waals surface area contributed by atoms with E-state index >= 15 is 0 Å². The average molecular weight is 549 g/mol. The number of methoxy groups -OCH3 is 2. The van der Waals surface area contributed by atoms with Gasteiger partial charge in [-0.25, -0.2) is 4.98 Å². The summed E-state index contributed by atoms with van der Waals surface area (Å²) < 4.78 is 28.8. The molecule has 0 unspecified atom stereocenters. The van der Waals surface area contributed by atoms with Gasteiger partial charge in [0.25, 0.3) is 0 Å². The Morgan fingerprint density at radius 3 is 2.13 bits per heavy atom. The normalized spacial score (nSPS) is 11.5. The first-order valence-corrected chi connectivity index (χ1v) is 13.2. The molecule has 0 bridgehead atoms. The molecule has 3 aromatic rings. The molecule has 38 heavy (non-hydrogen) atoms. The second kappa shape index (κ2) is 16.2. The summed E-state index contributed by atoms with van der Waals surface area (Å²) in [4.78, 5) is 6.66. The van der Waals surface area contributed by atoms with Crippen LogP contribution in [0.4, 0.5) is 16.5 Å². The Kier molecular flexibility index (Phi) is 12.6. The van der Waals surface area contributed by atoms with Crippen LogP contribution in [0.2, 0.25) is 0 Å². The van der Waals surface area contributed by atoms with Gasteiger partial charge in [-0.1, -0.05) is 23.5 Å².